The highest BCUT2D eigenvalue weighted by Gasteiger charge is 2.40. The van der Waals surface area contributed by atoms with Crippen LogP contribution in [-0.4, -0.2) is 42.3 Å². The zero-order valence-corrected chi connectivity index (χ0v) is 10.8. The molecule has 0 aromatic carbocycles. The van der Waals surface area contributed by atoms with E-state index in [4.69, 9.17) is 10.5 Å². The second kappa shape index (κ2) is 6.70. The van der Waals surface area contributed by atoms with Crippen molar-refractivity contribution < 1.29 is 19.4 Å². The lowest BCUT2D eigenvalue weighted by atomic mass is 9.90. The number of ether oxygens (including phenoxy) is 1. The number of carboxylic acids is 1. The summed E-state index contributed by atoms with van der Waals surface area (Å²) in [5.41, 5.74) is 4.46. The topological polar surface area (TPSA) is 102 Å². The first-order valence-corrected chi connectivity index (χ1v) is 6.32. The van der Waals surface area contributed by atoms with Crippen LogP contribution in [-0.2, 0) is 14.3 Å². The lowest BCUT2D eigenvalue weighted by Gasteiger charge is -2.30. The first kappa shape index (κ1) is 14.9. The van der Waals surface area contributed by atoms with Gasteiger partial charge < -0.3 is 20.9 Å². The molecule has 0 aliphatic heterocycles. The highest BCUT2D eigenvalue weighted by atomic mass is 16.5. The fraction of sp³-hybridized carbons (Fsp3) is 0.833. The Bertz CT molecular complexity index is 298. The Hall–Kier alpha value is -1.14. The number of aliphatic carboxylic acids is 1. The number of carbonyl (C=O) groups excluding carboxylic acids is 1. The molecule has 1 rings (SSSR count). The summed E-state index contributed by atoms with van der Waals surface area (Å²) in [7, 11) is 1.45. The number of hydrogen-bond donors (Lipinski definition) is 3. The summed E-state index contributed by atoms with van der Waals surface area (Å²) in [6.45, 7) is 0.0849. The van der Waals surface area contributed by atoms with Gasteiger partial charge in [-0.2, -0.15) is 0 Å². The van der Waals surface area contributed by atoms with Crippen molar-refractivity contribution in [1.82, 2.24) is 5.32 Å². The van der Waals surface area contributed by atoms with Gasteiger partial charge in [0.05, 0.1) is 6.61 Å². The minimum absolute atomic E-state index is 0.0849. The van der Waals surface area contributed by atoms with Crippen LogP contribution in [0.25, 0.3) is 0 Å². The number of methoxy groups -OCH3 is 1. The molecule has 1 aliphatic carbocycles. The van der Waals surface area contributed by atoms with Gasteiger partial charge in [0.2, 0.25) is 5.91 Å². The molecule has 0 bridgehead atoms. The van der Waals surface area contributed by atoms with Crippen molar-refractivity contribution in [2.45, 2.75) is 50.1 Å². The molecular weight excluding hydrogens is 236 g/mol. The Labute approximate surface area is 107 Å². The van der Waals surface area contributed by atoms with E-state index in [1.54, 1.807) is 0 Å². The Balaban J connectivity index is 2.72. The molecule has 6 nitrogen and oxygen atoms in total. The quantitative estimate of drug-likeness (QED) is 0.614. The van der Waals surface area contributed by atoms with Gasteiger partial charge in [-0.15, -0.1) is 0 Å². The lowest BCUT2D eigenvalue weighted by molar-refractivity contribution is -0.148. The summed E-state index contributed by atoms with van der Waals surface area (Å²) in [4.78, 5) is 23.3. The largest absolute Gasteiger partial charge is 0.480 e. The van der Waals surface area contributed by atoms with E-state index in [0.717, 1.165) is 25.7 Å². The standard InChI is InChI=1S/C12H22N2O4/c1-18-8-9(13)10(15)14-12(11(16)17)6-4-2-3-5-7-12/h9H,2-8,13H2,1H3,(H,14,15)(H,16,17). The predicted molar refractivity (Wildman–Crippen MR) is 66.1 cm³/mol. The average molecular weight is 258 g/mol. The van der Waals surface area contributed by atoms with Crippen LogP contribution in [0.4, 0.5) is 0 Å². The Morgan fingerprint density at radius 2 is 1.89 bits per heavy atom. The van der Waals surface area contributed by atoms with Crippen LogP contribution in [0.1, 0.15) is 38.5 Å². The fourth-order valence-electron chi connectivity index (χ4n) is 2.31. The third-order valence-corrected chi connectivity index (χ3v) is 3.41. The van der Waals surface area contributed by atoms with Crippen LogP contribution in [0.15, 0.2) is 0 Å². The lowest BCUT2D eigenvalue weighted by Crippen LogP contribution is -2.58. The molecule has 1 amide bonds. The van der Waals surface area contributed by atoms with Gasteiger partial charge in [0.15, 0.2) is 0 Å². The number of carbonyl (C=O) groups is 2. The van der Waals surface area contributed by atoms with Gasteiger partial charge >= 0.3 is 5.97 Å². The zero-order valence-electron chi connectivity index (χ0n) is 10.8. The van der Waals surface area contributed by atoms with Crippen molar-refractivity contribution in [2.75, 3.05) is 13.7 Å². The summed E-state index contributed by atoms with van der Waals surface area (Å²) in [5.74, 6) is -1.43. The number of nitrogens with one attached hydrogen (secondary N) is 1. The van der Waals surface area contributed by atoms with Crippen LogP contribution in [0.2, 0.25) is 0 Å². The number of hydrogen-bond acceptors (Lipinski definition) is 4. The molecule has 1 unspecified atom stereocenters. The van der Waals surface area contributed by atoms with Gasteiger partial charge in [-0.1, -0.05) is 25.7 Å². The second-order valence-corrected chi connectivity index (χ2v) is 4.85. The number of rotatable bonds is 5. The molecule has 18 heavy (non-hydrogen) atoms. The van der Waals surface area contributed by atoms with Crippen LogP contribution in [0.3, 0.4) is 0 Å². The number of nitrogens with two attached hydrogens (primary N) is 1. The minimum atomic E-state index is -1.15. The average Bonchev–Trinajstić information content (AvgIpc) is 2.56. The summed E-state index contributed by atoms with van der Waals surface area (Å²) in [6, 6.07) is -0.825. The van der Waals surface area contributed by atoms with Gasteiger partial charge in [-0.25, -0.2) is 4.79 Å². The smallest absolute Gasteiger partial charge is 0.329 e. The highest BCUT2D eigenvalue weighted by molar-refractivity contribution is 5.89. The number of carboxylic acid groups (broad SMARTS) is 1. The van der Waals surface area contributed by atoms with Crippen molar-refractivity contribution in [3.8, 4) is 0 Å². The summed E-state index contributed by atoms with van der Waals surface area (Å²) >= 11 is 0. The van der Waals surface area contributed by atoms with Crippen molar-refractivity contribution >= 4 is 11.9 Å². The summed E-state index contributed by atoms with van der Waals surface area (Å²) in [5, 5.41) is 12.0. The van der Waals surface area contributed by atoms with E-state index in [0.29, 0.717) is 12.8 Å². The van der Waals surface area contributed by atoms with Crippen molar-refractivity contribution in [1.29, 1.82) is 0 Å². The van der Waals surface area contributed by atoms with E-state index in [1.165, 1.54) is 7.11 Å². The van der Waals surface area contributed by atoms with Crippen LogP contribution >= 0.6 is 0 Å². The third-order valence-electron chi connectivity index (χ3n) is 3.41. The molecule has 6 heteroatoms. The Morgan fingerprint density at radius 3 is 2.33 bits per heavy atom. The molecule has 0 spiro atoms. The van der Waals surface area contributed by atoms with E-state index in [9.17, 15) is 14.7 Å². The molecule has 0 aromatic rings. The maximum Gasteiger partial charge on any atom is 0.329 e. The van der Waals surface area contributed by atoms with E-state index in [-0.39, 0.29) is 6.61 Å². The molecule has 0 saturated heterocycles. The van der Waals surface area contributed by atoms with E-state index in [2.05, 4.69) is 5.32 Å². The maximum absolute atomic E-state index is 11.8. The number of amides is 1. The second-order valence-electron chi connectivity index (χ2n) is 4.85. The van der Waals surface area contributed by atoms with Gasteiger partial charge in [-0.05, 0) is 12.8 Å². The third kappa shape index (κ3) is 3.68. The molecule has 1 saturated carbocycles. The SMILES string of the molecule is COCC(N)C(=O)NC1(C(=O)O)CCCCCC1. The molecule has 1 aliphatic rings. The van der Waals surface area contributed by atoms with Crippen molar-refractivity contribution in [3.63, 3.8) is 0 Å². The fourth-order valence-corrected chi connectivity index (χ4v) is 2.31. The van der Waals surface area contributed by atoms with Gasteiger partial charge in [0.1, 0.15) is 11.6 Å². The first-order valence-electron chi connectivity index (χ1n) is 6.32. The van der Waals surface area contributed by atoms with Crippen LogP contribution in [0.5, 0.6) is 0 Å². The Morgan fingerprint density at radius 1 is 1.33 bits per heavy atom. The molecule has 1 atom stereocenters. The monoisotopic (exact) mass is 258 g/mol. The molecule has 104 valence electrons. The molecule has 0 radical (unpaired) electrons. The zero-order chi connectivity index (χ0) is 13.6. The first-order chi connectivity index (χ1) is 8.52. The van der Waals surface area contributed by atoms with Crippen LogP contribution in [0, 0.1) is 0 Å². The minimum Gasteiger partial charge on any atom is -0.480 e. The van der Waals surface area contributed by atoms with Gasteiger partial charge in [-0.3, -0.25) is 4.79 Å². The predicted octanol–water partition coefficient (Wildman–Crippen LogP) is 0.254. The molecule has 4 N–H and O–H groups in total. The molecule has 0 aromatic heterocycles. The normalized spacial score (nSPS) is 20.8. The van der Waals surface area contributed by atoms with E-state index in [1.807, 2.05) is 0 Å². The molecule has 0 heterocycles. The molecule has 1 fully saturated rings. The van der Waals surface area contributed by atoms with Crippen molar-refractivity contribution in [2.24, 2.45) is 5.73 Å². The van der Waals surface area contributed by atoms with Gasteiger partial charge in [0, 0.05) is 7.11 Å². The van der Waals surface area contributed by atoms with Crippen LogP contribution < -0.4 is 11.1 Å². The summed E-state index contributed by atoms with van der Waals surface area (Å²) in [6.07, 6.45) is 4.57. The summed E-state index contributed by atoms with van der Waals surface area (Å²) < 4.78 is 4.80. The van der Waals surface area contributed by atoms with E-state index < -0.39 is 23.5 Å². The maximum atomic E-state index is 11.8. The molecular formula is C12H22N2O4. The van der Waals surface area contributed by atoms with Gasteiger partial charge in [0.25, 0.3) is 0 Å². The van der Waals surface area contributed by atoms with Crippen molar-refractivity contribution in [3.05, 3.63) is 0 Å². The Kier molecular flexibility index (Phi) is 5.55. The van der Waals surface area contributed by atoms with E-state index >= 15 is 0 Å². The highest BCUT2D eigenvalue weighted by Crippen LogP contribution is 2.27.